The fourth-order valence-electron chi connectivity index (χ4n) is 2.97. The van der Waals surface area contributed by atoms with E-state index >= 15 is 0 Å². The van der Waals surface area contributed by atoms with Crippen molar-refractivity contribution >= 4 is 26.7 Å². The van der Waals surface area contributed by atoms with Crippen molar-refractivity contribution in [3.05, 3.63) is 72.3 Å². The summed E-state index contributed by atoms with van der Waals surface area (Å²) in [5.74, 6) is 0.299. The maximum atomic E-state index is 12.5. The van der Waals surface area contributed by atoms with E-state index in [2.05, 4.69) is 4.83 Å². The predicted octanol–water partition coefficient (Wildman–Crippen LogP) is 2.57. The number of sulfonamides is 1. The van der Waals surface area contributed by atoms with Crippen LogP contribution in [0.15, 0.2) is 71.6 Å². The first-order chi connectivity index (χ1) is 12.6. The van der Waals surface area contributed by atoms with Gasteiger partial charge in [0.25, 0.3) is 15.9 Å². The van der Waals surface area contributed by atoms with Crippen LogP contribution in [0.3, 0.4) is 0 Å². The van der Waals surface area contributed by atoms with Crippen LogP contribution in [-0.4, -0.2) is 32.5 Å². The third-order valence-corrected chi connectivity index (χ3v) is 5.60. The summed E-state index contributed by atoms with van der Waals surface area (Å²) in [4.78, 5) is 14.8. The van der Waals surface area contributed by atoms with E-state index in [4.69, 9.17) is 4.74 Å². The maximum absolute atomic E-state index is 12.5. The van der Waals surface area contributed by atoms with E-state index in [1.165, 1.54) is 12.1 Å². The van der Waals surface area contributed by atoms with Crippen molar-refractivity contribution in [1.82, 2.24) is 9.84 Å². The lowest BCUT2D eigenvalue weighted by Gasteiger charge is -2.28. The predicted molar refractivity (Wildman–Crippen MR) is 97.2 cm³/mol. The van der Waals surface area contributed by atoms with Gasteiger partial charge in [-0.25, -0.2) is 8.42 Å². The zero-order valence-electron chi connectivity index (χ0n) is 13.8. The molecule has 4 rings (SSSR count). The van der Waals surface area contributed by atoms with Gasteiger partial charge in [-0.3, -0.25) is 9.80 Å². The smallest absolute Gasteiger partial charge is 0.270 e. The second kappa shape index (κ2) is 6.44. The largest absolute Gasteiger partial charge is 0.491 e. The number of amides is 1. The van der Waals surface area contributed by atoms with Gasteiger partial charge in [-0.15, -0.1) is 4.83 Å². The highest BCUT2D eigenvalue weighted by Gasteiger charge is 2.33. The highest BCUT2D eigenvalue weighted by molar-refractivity contribution is 7.89. The van der Waals surface area contributed by atoms with Gasteiger partial charge in [0.2, 0.25) is 0 Å². The molecular formula is C19H16N2O4S. The summed E-state index contributed by atoms with van der Waals surface area (Å²) in [6, 6.07) is 19.7. The molecule has 0 saturated heterocycles. The van der Waals surface area contributed by atoms with E-state index in [0.29, 0.717) is 5.75 Å². The number of ether oxygens (including phenoxy) is 1. The normalized spacial score (nSPS) is 15.7. The van der Waals surface area contributed by atoms with Crippen LogP contribution in [0.2, 0.25) is 0 Å². The molecule has 1 amide bonds. The van der Waals surface area contributed by atoms with Crippen LogP contribution in [0.25, 0.3) is 10.8 Å². The Morgan fingerprint density at radius 2 is 1.65 bits per heavy atom. The Morgan fingerprint density at radius 3 is 2.54 bits per heavy atom. The highest BCUT2D eigenvalue weighted by atomic mass is 32.2. The molecule has 0 fully saturated rings. The molecule has 3 aromatic carbocycles. The van der Waals surface area contributed by atoms with Crippen molar-refractivity contribution in [3.8, 4) is 5.75 Å². The zero-order chi connectivity index (χ0) is 18.1. The van der Waals surface area contributed by atoms with E-state index < -0.39 is 15.9 Å². The van der Waals surface area contributed by atoms with Gasteiger partial charge in [0.1, 0.15) is 12.4 Å². The van der Waals surface area contributed by atoms with Gasteiger partial charge in [-0.2, -0.15) is 0 Å². The summed E-state index contributed by atoms with van der Waals surface area (Å²) in [6.45, 7) is 0.250. The third-order valence-electron chi connectivity index (χ3n) is 4.20. The minimum atomic E-state index is -3.75. The van der Waals surface area contributed by atoms with E-state index in [1.807, 2.05) is 42.5 Å². The van der Waals surface area contributed by atoms with Crippen molar-refractivity contribution in [2.24, 2.45) is 0 Å². The van der Waals surface area contributed by atoms with Gasteiger partial charge in [-0.05, 0) is 23.6 Å². The third kappa shape index (κ3) is 2.91. The summed E-state index contributed by atoms with van der Waals surface area (Å²) < 4.78 is 30.4. The molecule has 1 aliphatic heterocycles. The van der Waals surface area contributed by atoms with Crippen LogP contribution in [0.5, 0.6) is 5.75 Å². The molecule has 132 valence electrons. The van der Waals surface area contributed by atoms with Gasteiger partial charge in [0.15, 0.2) is 0 Å². The fraction of sp³-hybridized carbons (Fsp3) is 0.105. The first kappa shape index (κ1) is 16.6. The number of carbonyl (C=O) groups excluding carboxylic acids is 1. The first-order valence-electron chi connectivity index (χ1n) is 8.10. The van der Waals surface area contributed by atoms with Crippen molar-refractivity contribution in [1.29, 1.82) is 0 Å². The van der Waals surface area contributed by atoms with Crippen molar-refractivity contribution < 1.29 is 17.9 Å². The van der Waals surface area contributed by atoms with Crippen molar-refractivity contribution in [2.75, 3.05) is 13.2 Å². The molecule has 1 N–H and O–H groups in total. The second-order valence-corrected chi connectivity index (χ2v) is 7.50. The fourth-order valence-corrected chi connectivity index (χ4v) is 4.24. The Labute approximate surface area is 151 Å². The van der Waals surface area contributed by atoms with E-state index in [-0.39, 0.29) is 23.6 Å². The Morgan fingerprint density at radius 1 is 0.923 bits per heavy atom. The monoisotopic (exact) mass is 368 g/mol. The van der Waals surface area contributed by atoms with Gasteiger partial charge >= 0.3 is 0 Å². The van der Waals surface area contributed by atoms with Crippen LogP contribution in [-0.2, 0) is 10.0 Å². The quantitative estimate of drug-likeness (QED) is 0.768. The number of carbonyl (C=O) groups is 1. The Balaban J connectivity index is 1.51. The lowest BCUT2D eigenvalue weighted by Crippen LogP contribution is -2.51. The first-order valence-corrected chi connectivity index (χ1v) is 9.58. The molecule has 7 heteroatoms. The SMILES string of the molecule is O=C1c2ccccc2S(=O)(=O)NN1CCOc1cccc2ccccc12. The molecular weight excluding hydrogens is 352 g/mol. The van der Waals surface area contributed by atoms with Crippen molar-refractivity contribution in [2.45, 2.75) is 4.90 Å². The van der Waals surface area contributed by atoms with Gasteiger partial charge in [0, 0.05) is 5.39 Å². The summed E-state index contributed by atoms with van der Waals surface area (Å²) in [5, 5.41) is 3.09. The van der Waals surface area contributed by atoms with Crippen LogP contribution in [0.4, 0.5) is 0 Å². The summed E-state index contributed by atoms with van der Waals surface area (Å²) >= 11 is 0. The standard InChI is InChI=1S/C19H16N2O4S/c22-19-16-9-3-4-11-18(16)26(23,24)20-21(19)12-13-25-17-10-5-7-14-6-1-2-8-15(14)17/h1-11,20H,12-13H2. The van der Waals surface area contributed by atoms with E-state index in [1.54, 1.807) is 12.1 Å². The summed E-state index contributed by atoms with van der Waals surface area (Å²) in [5.41, 5.74) is 0.163. The average molecular weight is 368 g/mol. The van der Waals surface area contributed by atoms with Crippen LogP contribution in [0.1, 0.15) is 10.4 Å². The minimum absolute atomic E-state index is 0.00350. The summed E-state index contributed by atoms with van der Waals surface area (Å²) in [7, 11) is -3.75. The van der Waals surface area contributed by atoms with Crippen molar-refractivity contribution in [3.63, 3.8) is 0 Å². The molecule has 0 radical (unpaired) electrons. The molecule has 26 heavy (non-hydrogen) atoms. The number of nitrogens with zero attached hydrogens (tertiary/aromatic N) is 1. The van der Waals surface area contributed by atoms with E-state index in [9.17, 15) is 13.2 Å². The number of hydrogen-bond donors (Lipinski definition) is 1. The molecule has 0 aliphatic carbocycles. The lowest BCUT2D eigenvalue weighted by molar-refractivity contribution is 0.0673. The Kier molecular flexibility index (Phi) is 4.10. The van der Waals surface area contributed by atoms with Crippen LogP contribution >= 0.6 is 0 Å². The maximum Gasteiger partial charge on any atom is 0.270 e. The number of rotatable bonds is 4. The topological polar surface area (TPSA) is 75.7 Å². The lowest BCUT2D eigenvalue weighted by atomic mass is 10.1. The second-order valence-electron chi connectivity index (χ2n) is 5.87. The number of hydrazine groups is 1. The number of nitrogens with one attached hydrogen (secondary N) is 1. The number of benzene rings is 3. The van der Waals surface area contributed by atoms with Gasteiger partial charge in [0.05, 0.1) is 17.0 Å². The molecule has 0 unspecified atom stereocenters. The van der Waals surface area contributed by atoms with Gasteiger partial charge < -0.3 is 4.74 Å². The zero-order valence-corrected chi connectivity index (χ0v) is 14.6. The summed E-state index contributed by atoms with van der Waals surface area (Å²) in [6.07, 6.45) is 0. The van der Waals surface area contributed by atoms with E-state index in [0.717, 1.165) is 15.8 Å². The average Bonchev–Trinajstić information content (AvgIpc) is 2.66. The molecule has 0 spiro atoms. The molecule has 0 saturated carbocycles. The molecule has 1 aliphatic rings. The molecule has 0 bridgehead atoms. The molecule has 3 aromatic rings. The Hall–Kier alpha value is -2.90. The molecule has 1 heterocycles. The number of fused-ring (bicyclic) bond motifs is 2. The van der Waals surface area contributed by atoms with Crippen LogP contribution < -0.4 is 9.57 Å². The number of hydrogen-bond acceptors (Lipinski definition) is 4. The van der Waals surface area contributed by atoms with Gasteiger partial charge in [-0.1, -0.05) is 48.5 Å². The van der Waals surface area contributed by atoms with Crippen LogP contribution in [0, 0.1) is 0 Å². The Bertz CT molecular complexity index is 1090. The highest BCUT2D eigenvalue weighted by Crippen LogP contribution is 2.25. The minimum Gasteiger partial charge on any atom is -0.491 e. The molecule has 0 aromatic heterocycles. The molecule has 6 nitrogen and oxygen atoms in total. The molecule has 0 atom stereocenters.